The van der Waals surface area contributed by atoms with Gasteiger partial charge in [-0.1, -0.05) is 60.7 Å². The molecular formula is C34H26F6O4. The average molecular weight is 613 g/mol. The van der Waals surface area contributed by atoms with E-state index in [1.807, 2.05) is 0 Å². The van der Waals surface area contributed by atoms with Crippen LogP contribution < -0.4 is 0 Å². The zero-order valence-electron chi connectivity index (χ0n) is 23.3. The number of alkyl halides is 2. The number of hydrogen-bond acceptors (Lipinski definition) is 3. The Balaban J connectivity index is 0.000000175. The molecule has 2 saturated carbocycles. The fraction of sp³-hybridized carbons (Fsp3) is 0.235. The lowest BCUT2D eigenvalue weighted by molar-refractivity contribution is -0.146. The third-order valence-corrected chi connectivity index (χ3v) is 7.87. The molecule has 1 N–H and O–H groups in total. The largest absolute Gasteiger partial charge is 0.481 e. The van der Waals surface area contributed by atoms with Crippen LogP contribution in [0, 0.1) is 35.1 Å². The monoisotopic (exact) mass is 612 g/mol. The van der Waals surface area contributed by atoms with E-state index >= 15 is 4.39 Å². The summed E-state index contributed by atoms with van der Waals surface area (Å²) in [6, 6.07) is 18.8. The van der Waals surface area contributed by atoms with E-state index in [9.17, 15) is 31.5 Å². The molecule has 2 aliphatic rings. The highest BCUT2D eigenvalue weighted by Crippen LogP contribution is 2.59. The van der Waals surface area contributed by atoms with Crippen molar-refractivity contribution in [2.24, 2.45) is 11.8 Å². The van der Waals surface area contributed by atoms with Crippen molar-refractivity contribution in [1.82, 2.24) is 0 Å². The topological polar surface area (TPSA) is 63.6 Å². The van der Waals surface area contributed by atoms with Gasteiger partial charge in [-0.3, -0.25) is 9.59 Å². The number of aliphatic carboxylic acids is 1. The molecule has 0 radical (unpaired) electrons. The van der Waals surface area contributed by atoms with Crippen LogP contribution in [0.25, 0.3) is 22.3 Å². The molecule has 2 aliphatic carbocycles. The maximum absolute atomic E-state index is 15.1. The van der Waals surface area contributed by atoms with Crippen LogP contribution in [-0.2, 0) is 25.7 Å². The molecule has 0 bridgehead atoms. The number of carbonyl (C=O) groups excluding carboxylic acids is 1. The Labute approximate surface area is 248 Å². The van der Waals surface area contributed by atoms with Gasteiger partial charge in [0.15, 0.2) is 11.3 Å². The first kappa shape index (κ1) is 30.8. The molecule has 0 unspecified atom stereocenters. The number of halogens is 6. The maximum Gasteiger partial charge on any atom is 0.312 e. The summed E-state index contributed by atoms with van der Waals surface area (Å²) in [5, 5.41) is 8.93. The van der Waals surface area contributed by atoms with E-state index in [0.29, 0.717) is 0 Å². The molecule has 0 spiro atoms. The lowest BCUT2D eigenvalue weighted by Crippen LogP contribution is -2.14. The Bertz CT molecular complexity index is 1700. The molecule has 10 heteroatoms. The summed E-state index contributed by atoms with van der Waals surface area (Å²) in [5.74, 6) is -7.13. The average Bonchev–Trinajstić information content (AvgIpc) is 3.89. The highest BCUT2D eigenvalue weighted by atomic mass is 19.2. The number of rotatable bonds is 7. The molecule has 4 nitrogen and oxygen atoms in total. The second-order valence-electron chi connectivity index (χ2n) is 10.6. The van der Waals surface area contributed by atoms with Crippen LogP contribution in [0.15, 0.2) is 84.9 Å². The van der Waals surface area contributed by atoms with Crippen LogP contribution in [0.4, 0.5) is 26.3 Å². The molecule has 4 aromatic carbocycles. The van der Waals surface area contributed by atoms with E-state index in [4.69, 9.17) is 9.84 Å². The first-order chi connectivity index (χ1) is 20.9. The minimum Gasteiger partial charge on any atom is -0.481 e. The number of carboxylic acid groups (broad SMARTS) is 1. The molecule has 4 aromatic rings. The molecular weight excluding hydrogens is 586 g/mol. The van der Waals surface area contributed by atoms with E-state index in [1.165, 1.54) is 48.5 Å². The number of esters is 1. The summed E-state index contributed by atoms with van der Waals surface area (Å²) in [6.45, 7) is 1.80. The zero-order chi connectivity index (χ0) is 31.8. The number of carbonyl (C=O) groups is 2. The summed E-state index contributed by atoms with van der Waals surface area (Å²) in [7, 11) is 0. The second kappa shape index (κ2) is 11.8. The Morgan fingerprint density at radius 3 is 1.45 bits per heavy atom. The van der Waals surface area contributed by atoms with E-state index in [0.717, 1.165) is 24.3 Å². The van der Waals surface area contributed by atoms with Crippen molar-refractivity contribution in [3.05, 3.63) is 119 Å². The molecule has 44 heavy (non-hydrogen) atoms. The van der Waals surface area contributed by atoms with Gasteiger partial charge in [-0.25, -0.2) is 26.3 Å². The van der Waals surface area contributed by atoms with Crippen LogP contribution in [0.5, 0.6) is 0 Å². The molecule has 0 aromatic heterocycles. The molecule has 228 valence electrons. The second-order valence-corrected chi connectivity index (χ2v) is 10.6. The quantitative estimate of drug-likeness (QED) is 0.169. The van der Waals surface area contributed by atoms with Crippen molar-refractivity contribution in [2.45, 2.75) is 31.1 Å². The lowest BCUT2D eigenvalue weighted by atomic mass is 9.94. The first-order valence-corrected chi connectivity index (χ1v) is 13.8. The van der Waals surface area contributed by atoms with E-state index in [1.54, 1.807) is 19.1 Å². The Hall–Kier alpha value is -4.60. The van der Waals surface area contributed by atoms with Gasteiger partial charge in [-0.05, 0) is 53.4 Å². The van der Waals surface area contributed by atoms with Gasteiger partial charge in [0, 0.05) is 12.8 Å². The highest BCUT2D eigenvalue weighted by molar-refractivity contribution is 5.81. The normalized spacial score (nSPS) is 23.2. The number of benzene rings is 4. The van der Waals surface area contributed by atoms with Crippen molar-refractivity contribution in [3.8, 4) is 22.3 Å². The fourth-order valence-corrected chi connectivity index (χ4v) is 5.50. The molecule has 0 saturated heterocycles. The van der Waals surface area contributed by atoms with Gasteiger partial charge in [0.2, 0.25) is 0 Å². The summed E-state index contributed by atoms with van der Waals surface area (Å²) < 4.78 is 90.6. The summed E-state index contributed by atoms with van der Waals surface area (Å²) in [4.78, 5) is 22.7. The minimum absolute atomic E-state index is 0.0152. The predicted octanol–water partition coefficient (Wildman–Crippen LogP) is 8.28. The Morgan fingerprint density at radius 2 is 1.07 bits per heavy atom. The number of hydrogen-bond donors (Lipinski definition) is 1. The third kappa shape index (κ3) is 5.56. The van der Waals surface area contributed by atoms with E-state index in [2.05, 4.69) is 0 Å². The van der Waals surface area contributed by atoms with Gasteiger partial charge in [-0.2, -0.15) is 0 Å². The van der Waals surface area contributed by atoms with Crippen molar-refractivity contribution >= 4 is 11.9 Å². The van der Waals surface area contributed by atoms with Gasteiger partial charge in [0.05, 0.1) is 29.6 Å². The zero-order valence-corrected chi connectivity index (χ0v) is 23.3. The molecule has 0 amide bonds. The minimum atomic E-state index is -2.07. The van der Waals surface area contributed by atoms with Crippen LogP contribution >= 0.6 is 0 Å². The molecule has 0 aliphatic heterocycles. The fourth-order valence-electron chi connectivity index (χ4n) is 5.50. The number of carboxylic acids is 1. The van der Waals surface area contributed by atoms with Crippen molar-refractivity contribution in [3.63, 3.8) is 0 Å². The summed E-state index contributed by atoms with van der Waals surface area (Å²) in [5.41, 5.74) is -4.33. The van der Waals surface area contributed by atoms with Crippen LogP contribution in [-0.4, -0.2) is 23.7 Å². The van der Waals surface area contributed by atoms with Crippen LogP contribution in [0.1, 0.15) is 30.9 Å². The van der Waals surface area contributed by atoms with Gasteiger partial charge >= 0.3 is 11.9 Å². The van der Waals surface area contributed by atoms with Crippen LogP contribution in [0.3, 0.4) is 0 Å². The van der Waals surface area contributed by atoms with Crippen LogP contribution in [0.2, 0.25) is 0 Å². The Morgan fingerprint density at radius 1 is 0.682 bits per heavy atom. The van der Waals surface area contributed by atoms with Crippen molar-refractivity contribution in [1.29, 1.82) is 0 Å². The van der Waals surface area contributed by atoms with Gasteiger partial charge in [0.25, 0.3) is 0 Å². The van der Waals surface area contributed by atoms with Crippen molar-refractivity contribution < 1.29 is 45.8 Å². The predicted molar refractivity (Wildman–Crippen MR) is 150 cm³/mol. The lowest BCUT2D eigenvalue weighted by Gasteiger charge is -2.15. The number of ether oxygens (including phenoxy) is 1. The Kier molecular flexibility index (Phi) is 8.29. The van der Waals surface area contributed by atoms with Gasteiger partial charge in [0.1, 0.15) is 23.3 Å². The summed E-state index contributed by atoms with van der Waals surface area (Å²) >= 11 is 0. The van der Waals surface area contributed by atoms with E-state index in [-0.39, 0.29) is 52.8 Å². The van der Waals surface area contributed by atoms with E-state index < -0.39 is 58.4 Å². The molecule has 2 fully saturated rings. The molecule has 4 atom stereocenters. The maximum atomic E-state index is 15.1. The smallest absolute Gasteiger partial charge is 0.312 e. The highest BCUT2D eigenvalue weighted by Gasteiger charge is 2.63. The molecule has 0 heterocycles. The van der Waals surface area contributed by atoms with Gasteiger partial charge < -0.3 is 9.84 Å². The summed E-state index contributed by atoms with van der Waals surface area (Å²) in [6.07, 6.45) is -0.228. The van der Waals surface area contributed by atoms with Gasteiger partial charge in [-0.15, -0.1) is 0 Å². The first-order valence-electron chi connectivity index (χ1n) is 13.8. The third-order valence-electron chi connectivity index (χ3n) is 7.87. The standard InChI is InChI=1S/C18H15F3O2.C16H11F3O2/c1-2-23-17(22)13-10-18(13,21)12-7-4-3-6-11(12)16-14(19)8-5-9-15(16)20;17-12-6-3-7-13(18)14(12)9-4-1-2-5-10(9)16(19)8-11(16)15(20)21/h3-9,13H,2,10H2,1H3;1-7,11H,8H2,(H,20,21)/t13-,18+;11-,16+/m00/s1. The molecule has 6 rings (SSSR count). The van der Waals surface area contributed by atoms with Crippen molar-refractivity contribution in [2.75, 3.05) is 6.61 Å². The SMILES string of the molecule is CCOC(=O)[C@@H]1C[C@@]1(F)c1ccccc1-c1c(F)cccc1F.O=C(O)[C@@H]1C[C@@]1(F)c1ccccc1-c1c(F)cccc1F.